The molecule has 1 N–H and O–H groups in total. The van der Waals surface area contributed by atoms with Gasteiger partial charge in [0.25, 0.3) is 0 Å². The number of likely N-dealkylation sites (tertiary alicyclic amines) is 1. The average molecular weight is 252 g/mol. The van der Waals surface area contributed by atoms with Gasteiger partial charge < -0.3 is 14.7 Å². The third-order valence-electron chi connectivity index (χ3n) is 3.40. The van der Waals surface area contributed by atoms with Crippen molar-refractivity contribution in [2.24, 2.45) is 5.92 Å². The number of hydrogen-bond donors (Lipinski definition) is 1. The largest absolute Gasteiger partial charge is 0.339 e. The highest BCUT2D eigenvalue weighted by molar-refractivity contribution is 4.85. The van der Waals surface area contributed by atoms with Gasteiger partial charge in [-0.15, -0.1) is 0 Å². The van der Waals surface area contributed by atoms with Crippen molar-refractivity contribution in [3.63, 3.8) is 0 Å². The Balaban J connectivity index is 1.66. The summed E-state index contributed by atoms with van der Waals surface area (Å²) in [6, 6.07) is 0.584. The minimum Gasteiger partial charge on any atom is -0.339 e. The van der Waals surface area contributed by atoms with Gasteiger partial charge in [0.15, 0.2) is 5.82 Å². The van der Waals surface area contributed by atoms with Crippen LogP contribution in [0.15, 0.2) is 4.52 Å². The number of nitrogens with one attached hydrogen (secondary N) is 1. The SMILES string of the molecule is Cc1noc(CCN2CCC(CNC(C)C)C2)n1. The summed E-state index contributed by atoms with van der Waals surface area (Å²) in [6.07, 6.45) is 2.16. The number of nitrogens with zero attached hydrogens (tertiary/aromatic N) is 3. The smallest absolute Gasteiger partial charge is 0.227 e. The molecule has 0 aromatic carbocycles. The Morgan fingerprint density at radius 1 is 1.50 bits per heavy atom. The molecule has 2 rings (SSSR count). The summed E-state index contributed by atoms with van der Waals surface area (Å²) in [5.74, 6) is 2.28. The molecule has 2 heterocycles. The molecule has 1 aromatic rings. The van der Waals surface area contributed by atoms with Crippen LogP contribution in [0.1, 0.15) is 32.0 Å². The molecule has 0 aliphatic carbocycles. The molecular formula is C13H24N4O. The molecule has 18 heavy (non-hydrogen) atoms. The molecule has 0 radical (unpaired) electrons. The molecule has 1 aliphatic heterocycles. The molecule has 1 fully saturated rings. The number of rotatable bonds is 6. The molecule has 0 amide bonds. The van der Waals surface area contributed by atoms with E-state index in [2.05, 4.69) is 34.2 Å². The predicted octanol–water partition coefficient (Wildman–Crippen LogP) is 1.24. The lowest BCUT2D eigenvalue weighted by atomic mass is 10.1. The Hall–Kier alpha value is -0.940. The van der Waals surface area contributed by atoms with Crippen molar-refractivity contribution in [3.05, 3.63) is 11.7 Å². The molecule has 1 unspecified atom stereocenters. The van der Waals surface area contributed by atoms with Crippen molar-refractivity contribution >= 4 is 0 Å². The van der Waals surface area contributed by atoms with Crippen LogP contribution < -0.4 is 5.32 Å². The molecule has 0 saturated carbocycles. The Labute approximate surface area is 109 Å². The van der Waals surface area contributed by atoms with Gasteiger partial charge in [0.1, 0.15) is 0 Å². The first-order valence-corrected chi connectivity index (χ1v) is 6.88. The van der Waals surface area contributed by atoms with Gasteiger partial charge in [0.05, 0.1) is 0 Å². The number of aryl methyl sites for hydroxylation is 1. The summed E-state index contributed by atoms with van der Waals surface area (Å²) >= 11 is 0. The van der Waals surface area contributed by atoms with Gasteiger partial charge in [0.2, 0.25) is 5.89 Å². The van der Waals surface area contributed by atoms with Crippen LogP contribution in [0.4, 0.5) is 0 Å². The second-order valence-electron chi connectivity index (χ2n) is 5.50. The molecule has 102 valence electrons. The first-order valence-electron chi connectivity index (χ1n) is 6.88. The van der Waals surface area contributed by atoms with Gasteiger partial charge in [-0.1, -0.05) is 19.0 Å². The monoisotopic (exact) mass is 252 g/mol. The minimum atomic E-state index is 0.584. The topological polar surface area (TPSA) is 54.2 Å². The highest BCUT2D eigenvalue weighted by Gasteiger charge is 2.22. The van der Waals surface area contributed by atoms with Crippen molar-refractivity contribution < 1.29 is 4.52 Å². The Kier molecular flexibility index (Phi) is 4.72. The maximum Gasteiger partial charge on any atom is 0.227 e. The van der Waals surface area contributed by atoms with Gasteiger partial charge in [0, 0.05) is 25.6 Å². The molecule has 1 atom stereocenters. The van der Waals surface area contributed by atoms with Crippen LogP contribution in [0.5, 0.6) is 0 Å². The summed E-state index contributed by atoms with van der Waals surface area (Å²) in [4.78, 5) is 6.73. The second kappa shape index (κ2) is 6.29. The summed E-state index contributed by atoms with van der Waals surface area (Å²) in [5.41, 5.74) is 0. The fourth-order valence-corrected chi connectivity index (χ4v) is 2.38. The van der Waals surface area contributed by atoms with E-state index in [1.54, 1.807) is 0 Å². The van der Waals surface area contributed by atoms with E-state index in [0.29, 0.717) is 6.04 Å². The van der Waals surface area contributed by atoms with Crippen LogP contribution in [-0.4, -0.2) is 47.3 Å². The van der Waals surface area contributed by atoms with Crippen molar-refractivity contribution in [3.8, 4) is 0 Å². The Bertz CT molecular complexity index is 364. The van der Waals surface area contributed by atoms with E-state index in [-0.39, 0.29) is 0 Å². The molecule has 0 bridgehead atoms. The van der Waals surface area contributed by atoms with Gasteiger partial charge in [-0.05, 0) is 32.4 Å². The highest BCUT2D eigenvalue weighted by atomic mass is 16.5. The van der Waals surface area contributed by atoms with E-state index in [1.165, 1.54) is 19.5 Å². The minimum absolute atomic E-state index is 0.584. The third-order valence-corrected chi connectivity index (χ3v) is 3.40. The van der Waals surface area contributed by atoms with Crippen LogP contribution in [0.2, 0.25) is 0 Å². The van der Waals surface area contributed by atoms with Gasteiger partial charge in [-0.25, -0.2) is 0 Å². The van der Waals surface area contributed by atoms with Crippen LogP contribution in [0, 0.1) is 12.8 Å². The van der Waals surface area contributed by atoms with Crippen LogP contribution in [0.3, 0.4) is 0 Å². The normalized spacial score (nSPS) is 21.0. The van der Waals surface area contributed by atoms with Crippen molar-refractivity contribution in [1.29, 1.82) is 0 Å². The molecule has 1 saturated heterocycles. The van der Waals surface area contributed by atoms with E-state index >= 15 is 0 Å². The molecule has 5 nitrogen and oxygen atoms in total. The summed E-state index contributed by atoms with van der Waals surface area (Å²) in [7, 11) is 0. The standard InChI is InChI=1S/C13H24N4O/c1-10(2)14-8-12-4-6-17(9-12)7-5-13-15-11(3)16-18-13/h10,12,14H,4-9H2,1-3H3. The van der Waals surface area contributed by atoms with E-state index < -0.39 is 0 Å². The van der Waals surface area contributed by atoms with Gasteiger partial charge in [-0.2, -0.15) is 4.98 Å². The first-order chi connectivity index (χ1) is 8.63. The van der Waals surface area contributed by atoms with Gasteiger partial charge >= 0.3 is 0 Å². The first kappa shape index (κ1) is 13.5. The quantitative estimate of drug-likeness (QED) is 0.825. The zero-order valence-electron chi connectivity index (χ0n) is 11.6. The van der Waals surface area contributed by atoms with Crippen molar-refractivity contribution in [1.82, 2.24) is 20.4 Å². The fourth-order valence-electron chi connectivity index (χ4n) is 2.38. The van der Waals surface area contributed by atoms with Crippen LogP contribution in [0.25, 0.3) is 0 Å². The molecule has 0 spiro atoms. The van der Waals surface area contributed by atoms with Crippen molar-refractivity contribution in [2.45, 2.75) is 39.7 Å². The second-order valence-corrected chi connectivity index (χ2v) is 5.50. The predicted molar refractivity (Wildman–Crippen MR) is 70.4 cm³/mol. The fraction of sp³-hybridized carbons (Fsp3) is 0.846. The summed E-state index contributed by atoms with van der Waals surface area (Å²) in [6.45, 7) is 10.8. The van der Waals surface area contributed by atoms with E-state index in [9.17, 15) is 0 Å². The highest BCUT2D eigenvalue weighted by Crippen LogP contribution is 2.15. The number of hydrogen-bond acceptors (Lipinski definition) is 5. The van der Waals surface area contributed by atoms with Crippen molar-refractivity contribution in [2.75, 3.05) is 26.2 Å². The zero-order valence-corrected chi connectivity index (χ0v) is 11.6. The molecule has 1 aliphatic rings. The third kappa shape index (κ3) is 4.07. The molecule has 5 heteroatoms. The lowest BCUT2D eigenvalue weighted by molar-refractivity contribution is 0.299. The Morgan fingerprint density at radius 3 is 3.00 bits per heavy atom. The lowest BCUT2D eigenvalue weighted by Gasteiger charge is -2.16. The molecular weight excluding hydrogens is 228 g/mol. The average Bonchev–Trinajstić information content (AvgIpc) is 2.93. The van der Waals surface area contributed by atoms with E-state index in [1.807, 2.05) is 6.92 Å². The number of aromatic nitrogens is 2. The maximum atomic E-state index is 5.13. The summed E-state index contributed by atoms with van der Waals surface area (Å²) in [5, 5.41) is 7.33. The Morgan fingerprint density at radius 2 is 2.33 bits per heavy atom. The van der Waals surface area contributed by atoms with Crippen LogP contribution in [-0.2, 0) is 6.42 Å². The maximum absolute atomic E-state index is 5.13. The van der Waals surface area contributed by atoms with Gasteiger partial charge in [-0.3, -0.25) is 0 Å². The zero-order chi connectivity index (χ0) is 13.0. The van der Waals surface area contributed by atoms with E-state index in [0.717, 1.165) is 37.1 Å². The lowest BCUT2D eigenvalue weighted by Crippen LogP contribution is -2.31. The van der Waals surface area contributed by atoms with E-state index in [4.69, 9.17) is 4.52 Å². The van der Waals surface area contributed by atoms with Crippen LogP contribution >= 0.6 is 0 Å². The molecule has 1 aromatic heterocycles. The summed E-state index contributed by atoms with van der Waals surface area (Å²) < 4.78 is 5.13.